The second-order valence-corrected chi connectivity index (χ2v) is 8.04. The maximum Gasteiger partial charge on any atom is 0.199 e. The van der Waals surface area contributed by atoms with Gasteiger partial charge in [0.2, 0.25) is 0 Å². The molecule has 8 heteroatoms. The lowest BCUT2D eigenvalue weighted by Gasteiger charge is -2.07. The van der Waals surface area contributed by atoms with Crippen LogP contribution in [0.15, 0.2) is 27.7 Å². The maximum atomic E-state index is 12.6. The molecule has 0 bridgehead atoms. The van der Waals surface area contributed by atoms with Crippen LogP contribution in [0.4, 0.5) is 0 Å². The summed E-state index contributed by atoms with van der Waals surface area (Å²) in [6.45, 7) is 0. The van der Waals surface area contributed by atoms with Gasteiger partial charge in [-0.15, -0.1) is 0 Å². The zero-order valence-electron chi connectivity index (χ0n) is 11.5. The molecule has 0 atom stereocenters. The van der Waals surface area contributed by atoms with Crippen molar-refractivity contribution in [1.82, 2.24) is 5.16 Å². The van der Waals surface area contributed by atoms with E-state index in [4.69, 9.17) is 27.7 Å². The molecule has 2 aromatic rings. The Morgan fingerprint density at radius 3 is 2.50 bits per heavy atom. The number of nitrogens with zero attached hydrogens (tertiary/aromatic N) is 1. The monoisotopic (exact) mass is 359 g/mol. The van der Waals surface area contributed by atoms with Crippen molar-refractivity contribution in [2.75, 3.05) is 6.26 Å². The number of sulfone groups is 1. The molecule has 1 aliphatic rings. The van der Waals surface area contributed by atoms with E-state index in [9.17, 15) is 13.2 Å². The number of hydrogen-bond donors (Lipinski definition) is 0. The van der Waals surface area contributed by atoms with Crippen LogP contribution in [0.3, 0.4) is 0 Å². The second kappa shape index (κ2) is 5.37. The Kier molecular flexibility index (Phi) is 3.79. The van der Waals surface area contributed by atoms with Crippen LogP contribution in [0.25, 0.3) is 0 Å². The molecule has 1 fully saturated rings. The number of halogens is 2. The highest BCUT2D eigenvalue weighted by Crippen LogP contribution is 2.42. The minimum absolute atomic E-state index is 0.0257. The maximum absolute atomic E-state index is 12.6. The summed E-state index contributed by atoms with van der Waals surface area (Å²) < 4.78 is 28.4. The number of carbonyl (C=O) groups is 1. The van der Waals surface area contributed by atoms with Gasteiger partial charge >= 0.3 is 0 Å². The van der Waals surface area contributed by atoms with Crippen LogP contribution in [-0.2, 0) is 9.84 Å². The van der Waals surface area contributed by atoms with Crippen LogP contribution in [0.1, 0.15) is 40.4 Å². The fraction of sp³-hybridized carbons (Fsp3) is 0.286. The summed E-state index contributed by atoms with van der Waals surface area (Å²) in [5.74, 6) is 0.380. The van der Waals surface area contributed by atoms with Gasteiger partial charge in [0, 0.05) is 17.7 Å². The van der Waals surface area contributed by atoms with Crippen LogP contribution in [0.2, 0.25) is 10.0 Å². The van der Waals surface area contributed by atoms with Crippen LogP contribution in [0.5, 0.6) is 0 Å². The minimum atomic E-state index is -3.52. The van der Waals surface area contributed by atoms with E-state index >= 15 is 0 Å². The minimum Gasteiger partial charge on any atom is -0.360 e. The number of aromatic nitrogens is 1. The highest BCUT2D eigenvalue weighted by Gasteiger charge is 2.33. The lowest BCUT2D eigenvalue weighted by molar-refractivity contribution is 0.103. The van der Waals surface area contributed by atoms with E-state index in [1.54, 1.807) is 0 Å². The van der Waals surface area contributed by atoms with E-state index in [0.717, 1.165) is 19.1 Å². The highest BCUT2D eigenvalue weighted by atomic mass is 35.5. The summed E-state index contributed by atoms with van der Waals surface area (Å²) in [7, 11) is -3.52. The van der Waals surface area contributed by atoms with E-state index in [1.807, 2.05) is 0 Å². The summed E-state index contributed by atoms with van der Waals surface area (Å²) in [4.78, 5) is 12.5. The van der Waals surface area contributed by atoms with Crippen LogP contribution < -0.4 is 0 Å². The fourth-order valence-electron chi connectivity index (χ4n) is 2.19. The number of carbonyl (C=O) groups excluding carboxylic acids is 1. The Balaban J connectivity index is 2.07. The molecule has 0 N–H and O–H groups in total. The van der Waals surface area contributed by atoms with Gasteiger partial charge in [-0.2, -0.15) is 0 Å². The third kappa shape index (κ3) is 2.78. The molecular formula is C14H11Cl2NO4S. The van der Waals surface area contributed by atoms with Gasteiger partial charge in [-0.3, -0.25) is 4.79 Å². The summed E-state index contributed by atoms with van der Waals surface area (Å²) in [6.07, 6.45) is 4.29. The van der Waals surface area contributed by atoms with Crippen molar-refractivity contribution >= 4 is 38.8 Å². The van der Waals surface area contributed by atoms with Crippen molar-refractivity contribution in [3.63, 3.8) is 0 Å². The Labute approximate surface area is 137 Å². The summed E-state index contributed by atoms with van der Waals surface area (Å²) in [6, 6.07) is 2.46. The quantitative estimate of drug-likeness (QED) is 0.780. The molecule has 0 radical (unpaired) electrons. The largest absolute Gasteiger partial charge is 0.360 e. The second-order valence-electron chi connectivity index (χ2n) is 5.24. The summed E-state index contributed by atoms with van der Waals surface area (Å²) in [5.41, 5.74) is 0.469. The number of ketones is 1. The predicted octanol–water partition coefficient (Wildman–Crippen LogP) is 3.49. The molecular weight excluding hydrogens is 349 g/mol. The topological polar surface area (TPSA) is 77.2 Å². The van der Waals surface area contributed by atoms with E-state index < -0.39 is 9.84 Å². The molecule has 1 aromatic carbocycles. The molecule has 1 heterocycles. The van der Waals surface area contributed by atoms with E-state index in [0.29, 0.717) is 11.3 Å². The third-order valence-electron chi connectivity index (χ3n) is 3.46. The molecule has 116 valence electrons. The first-order valence-electron chi connectivity index (χ1n) is 6.47. The molecule has 1 aromatic heterocycles. The van der Waals surface area contributed by atoms with Gasteiger partial charge in [0.15, 0.2) is 21.4 Å². The molecule has 0 amide bonds. The van der Waals surface area contributed by atoms with E-state index in [-0.39, 0.29) is 32.2 Å². The Hall–Kier alpha value is -1.37. The lowest BCUT2D eigenvalue weighted by Crippen LogP contribution is -2.06. The molecule has 22 heavy (non-hydrogen) atoms. The molecule has 0 saturated heterocycles. The average molecular weight is 360 g/mol. The van der Waals surface area contributed by atoms with E-state index in [1.165, 1.54) is 18.3 Å². The first-order valence-corrected chi connectivity index (χ1v) is 9.12. The fourth-order valence-corrected chi connectivity index (χ4v) is 3.83. The Morgan fingerprint density at radius 2 is 1.91 bits per heavy atom. The smallest absolute Gasteiger partial charge is 0.199 e. The predicted molar refractivity (Wildman–Crippen MR) is 81.5 cm³/mol. The Bertz CT molecular complexity index is 869. The van der Waals surface area contributed by atoms with Crippen LogP contribution >= 0.6 is 23.2 Å². The number of benzene rings is 1. The third-order valence-corrected chi connectivity index (χ3v) is 5.33. The molecule has 3 rings (SSSR count). The van der Waals surface area contributed by atoms with Crippen molar-refractivity contribution in [2.24, 2.45) is 0 Å². The lowest BCUT2D eigenvalue weighted by atomic mass is 10.0. The molecule has 5 nitrogen and oxygen atoms in total. The van der Waals surface area contributed by atoms with Crippen molar-refractivity contribution in [1.29, 1.82) is 0 Å². The van der Waals surface area contributed by atoms with Gasteiger partial charge in [0.05, 0.1) is 26.7 Å². The molecule has 0 aliphatic heterocycles. The number of rotatable bonds is 4. The van der Waals surface area contributed by atoms with E-state index in [2.05, 4.69) is 5.16 Å². The number of hydrogen-bond acceptors (Lipinski definition) is 5. The highest BCUT2D eigenvalue weighted by molar-refractivity contribution is 7.90. The molecule has 1 aliphatic carbocycles. The first kappa shape index (κ1) is 15.5. The van der Waals surface area contributed by atoms with Gasteiger partial charge in [0.1, 0.15) is 0 Å². The summed E-state index contributed by atoms with van der Waals surface area (Å²) >= 11 is 12.0. The van der Waals surface area contributed by atoms with Crippen molar-refractivity contribution < 1.29 is 17.7 Å². The average Bonchev–Trinajstić information content (AvgIpc) is 3.16. The molecule has 0 unspecified atom stereocenters. The Morgan fingerprint density at radius 1 is 1.23 bits per heavy atom. The van der Waals surface area contributed by atoms with Crippen LogP contribution in [-0.4, -0.2) is 25.6 Å². The van der Waals surface area contributed by atoms with Crippen molar-refractivity contribution in [3.8, 4) is 0 Å². The van der Waals surface area contributed by atoms with Crippen molar-refractivity contribution in [3.05, 3.63) is 45.3 Å². The molecule has 1 saturated carbocycles. The zero-order chi connectivity index (χ0) is 16.1. The van der Waals surface area contributed by atoms with Gasteiger partial charge in [-0.1, -0.05) is 28.4 Å². The standard InChI is InChI=1S/C14H11Cl2NO4S/c1-22(19,20)12-5-10(15)8(4-11(12)16)13(18)9-6-17-21-14(9)7-2-3-7/h4-7H,2-3H2,1H3. The van der Waals surface area contributed by atoms with Crippen LogP contribution in [0, 0.1) is 0 Å². The summed E-state index contributed by atoms with van der Waals surface area (Å²) in [5, 5.41) is 3.65. The van der Waals surface area contributed by atoms with Gasteiger partial charge in [0.25, 0.3) is 0 Å². The van der Waals surface area contributed by atoms with Gasteiger partial charge in [-0.05, 0) is 25.0 Å². The zero-order valence-corrected chi connectivity index (χ0v) is 13.8. The van der Waals surface area contributed by atoms with Gasteiger partial charge < -0.3 is 4.52 Å². The SMILES string of the molecule is CS(=O)(=O)c1cc(Cl)c(C(=O)c2cnoc2C2CC2)cc1Cl. The first-order chi connectivity index (χ1) is 10.3. The normalized spacial score (nSPS) is 15.0. The van der Waals surface area contributed by atoms with Crippen molar-refractivity contribution in [2.45, 2.75) is 23.7 Å². The van der Waals surface area contributed by atoms with Gasteiger partial charge in [-0.25, -0.2) is 8.42 Å². The molecule has 0 spiro atoms.